The zero-order chi connectivity index (χ0) is 19.9. The third kappa shape index (κ3) is 4.63. The van der Waals surface area contributed by atoms with Crippen LogP contribution in [0.2, 0.25) is 0 Å². The molecule has 3 aromatic carbocycles. The molecule has 0 aliphatic carbocycles. The number of amides is 1. The molecule has 146 valence electrons. The minimum atomic E-state index is -0.128. The zero-order valence-corrected chi connectivity index (χ0v) is 16.7. The lowest BCUT2D eigenvalue weighted by Gasteiger charge is -2.17. The molecule has 1 amide bonds. The Bertz CT molecular complexity index is 946. The number of carbonyl (C=O) groups excluding carboxylic acids is 1. The van der Waals surface area contributed by atoms with Crippen molar-refractivity contribution in [1.82, 2.24) is 5.32 Å². The van der Waals surface area contributed by atoms with Crippen molar-refractivity contribution in [1.29, 1.82) is 0 Å². The van der Waals surface area contributed by atoms with Gasteiger partial charge in [0.25, 0.3) is 0 Å². The van der Waals surface area contributed by atoms with Crippen LogP contribution in [0.15, 0.2) is 60.7 Å². The van der Waals surface area contributed by atoms with E-state index < -0.39 is 0 Å². The third-order valence-electron chi connectivity index (χ3n) is 4.76. The summed E-state index contributed by atoms with van der Waals surface area (Å²) in [4.78, 5) is 12.6. The van der Waals surface area contributed by atoms with Gasteiger partial charge >= 0.3 is 0 Å². The smallest absolute Gasteiger partial charge is 0.224 e. The first-order valence-electron chi connectivity index (χ1n) is 9.69. The number of benzene rings is 3. The highest BCUT2D eigenvalue weighted by molar-refractivity contribution is 5.90. The summed E-state index contributed by atoms with van der Waals surface area (Å²) in [6, 6.07) is 19.9. The number of carbonyl (C=O) groups is 1. The van der Waals surface area contributed by atoms with Crippen LogP contribution in [0, 0.1) is 0 Å². The number of hydrogen-bond acceptors (Lipinski definition) is 3. The first-order valence-corrected chi connectivity index (χ1v) is 9.69. The summed E-state index contributed by atoms with van der Waals surface area (Å²) in [7, 11) is 1.63. The van der Waals surface area contributed by atoms with Gasteiger partial charge in [0.1, 0.15) is 0 Å². The lowest BCUT2D eigenvalue weighted by Crippen LogP contribution is -2.28. The van der Waals surface area contributed by atoms with Gasteiger partial charge in [0.15, 0.2) is 11.5 Å². The van der Waals surface area contributed by atoms with Crippen molar-refractivity contribution in [3.8, 4) is 11.5 Å². The van der Waals surface area contributed by atoms with Gasteiger partial charge in [0.05, 0.1) is 26.2 Å². The summed E-state index contributed by atoms with van der Waals surface area (Å²) in [5, 5.41) is 5.35. The average Bonchev–Trinajstić information content (AvgIpc) is 2.72. The maximum atomic E-state index is 12.6. The fourth-order valence-electron chi connectivity index (χ4n) is 3.28. The standard InChI is InChI=1S/C24H27NO3/c1-4-14-28-22-13-12-19(15-23(22)27-3)17(2)25-24(26)16-20-10-7-9-18-8-5-6-11-21(18)20/h5-13,15,17H,4,14,16H2,1-3H3,(H,25,26). The fourth-order valence-corrected chi connectivity index (χ4v) is 3.28. The van der Waals surface area contributed by atoms with Gasteiger partial charge in [0, 0.05) is 0 Å². The first kappa shape index (κ1) is 19.7. The van der Waals surface area contributed by atoms with E-state index in [9.17, 15) is 4.79 Å². The van der Waals surface area contributed by atoms with Crippen LogP contribution in [0.25, 0.3) is 10.8 Å². The maximum Gasteiger partial charge on any atom is 0.224 e. The molecule has 0 saturated carbocycles. The number of fused-ring (bicyclic) bond motifs is 1. The molecule has 4 heteroatoms. The molecule has 0 heterocycles. The van der Waals surface area contributed by atoms with Crippen LogP contribution in [-0.2, 0) is 11.2 Å². The normalized spacial score (nSPS) is 11.8. The Morgan fingerprint density at radius 2 is 1.82 bits per heavy atom. The highest BCUT2D eigenvalue weighted by Gasteiger charge is 2.14. The predicted molar refractivity (Wildman–Crippen MR) is 113 cm³/mol. The van der Waals surface area contributed by atoms with Crippen molar-refractivity contribution in [2.45, 2.75) is 32.7 Å². The SMILES string of the molecule is CCCOc1ccc(C(C)NC(=O)Cc2cccc3ccccc23)cc1OC. The highest BCUT2D eigenvalue weighted by Crippen LogP contribution is 2.30. The van der Waals surface area contributed by atoms with Gasteiger partial charge < -0.3 is 14.8 Å². The number of ether oxygens (including phenoxy) is 2. The minimum absolute atomic E-state index is 0.00544. The summed E-state index contributed by atoms with van der Waals surface area (Å²) >= 11 is 0. The van der Waals surface area contributed by atoms with E-state index in [2.05, 4.69) is 30.4 Å². The minimum Gasteiger partial charge on any atom is -0.493 e. The predicted octanol–water partition coefficient (Wildman–Crippen LogP) is 5.06. The fraction of sp³-hybridized carbons (Fsp3) is 0.292. The molecule has 0 fully saturated rings. The molecular formula is C24H27NO3. The molecule has 0 aromatic heterocycles. The molecular weight excluding hydrogens is 350 g/mol. The van der Waals surface area contributed by atoms with Crippen LogP contribution < -0.4 is 14.8 Å². The molecule has 0 aliphatic rings. The third-order valence-corrected chi connectivity index (χ3v) is 4.76. The van der Waals surface area contributed by atoms with Crippen molar-refractivity contribution in [2.75, 3.05) is 13.7 Å². The molecule has 0 saturated heterocycles. The maximum absolute atomic E-state index is 12.6. The number of nitrogens with one attached hydrogen (secondary N) is 1. The van der Waals surface area contributed by atoms with E-state index in [1.165, 1.54) is 0 Å². The monoisotopic (exact) mass is 377 g/mol. The van der Waals surface area contributed by atoms with Gasteiger partial charge in [0.2, 0.25) is 5.91 Å². The number of hydrogen-bond donors (Lipinski definition) is 1. The van der Waals surface area contributed by atoms with Crippen LogP contribution in [0.1, 0.15) is 37.4 Å². The average molecular weight is 377 g/mol. The van der Waals surface area contributed by atoms with E-state index in [0.717, 1.165) is 34.1 Å². The van der Waals surface area contributed by atoms with Gasteiger partial charge in [-0.25, -0.2) is 0 Å². The van der Waals surface area contributed by atoms with E-state index in [1.807, 2.05) is 49.4 Å². The molecule has 1 N–H and O–H groups in total. The molecule has 0 aliphatic heterocycles. The molecule has 0 radical (unpaired) electrons. The van der Waals surface area contributed by atoms with Crippen molar-refractivity contribution < 1.29 is 14.3 Å². The Labute approximate surface area is 166 Å². The molecule has 4 nitrogen and oxygen atoms in total. The Balaban J connectivity index is 1.70. The molecule has 1 atom stereocenters. The van der Waals surface area contributed by atoms with Crippen LogP contribution in [0.5, 0.6) is 11.5 Å². The van der Waals surface area contributed by atoms with Crippen LogP contribution >= 0.6 is 0 Å². The Morgan fingerprint density at radius 3 is 2.61 bits per heavy atom. The molecule has 3 rings (SSSR count). The number of rotatable bonds is 8. The summed E-state index contributed by atoms with van der Waals surface area (Å²) in [6.45, 7) is 4.68. The molecule has 28 heavy (non-hydrogen) atoms. The van der Waals surface area contributed by atoms with Gasteiger partial charge in [-0.1, -0.05) is 55.5 Å². The zero-order valence-electron chi connectivity index (χ0n) is 16.7. The van der Waals surface area contributed by atoms with Crippen LogP contribution in [0.4, 0.5) is 0 Å². The Kier molecular flexibility index (Phi) is 6.53. The van der Waals surface area contributed by atoms with Gasteiger partial charge in [-0.15, -0.1) is 0 Å². The van der Waals surface area contributed by atoms with Gasteiger partial charge in [-0.05, 0) is 47.4 Å². The highest BCUT2D eigenvalue weighted by atomic mass is 16.5. The quantitative estimate of drug-likeness (QED) is 0.597. The summed E-state index contributed by atoms with van der Waals surface area (Å²) in [6.07, 6.45) is 1.28. The van der Waals surface area contributed by atoms with E-state index in [-0.39, 0.29) is 11.9 Å². The molecule has 0 bridgehead atoms. The molecule has 1 unspecified atom stereocenters. The van der Waals surface area contributed by atoms with Crippen LogP contribution in [-0.4, -0.2) is 19.6 Å². The lowest BCUT2D eigenvalue weighted by molar-refractivity contribution is -0.121. The summed E-state index contributed by atoms with van der Waals surface area (Å²) in [5.74, 6) is 1.40. The van der Waals surface area contributed by atoms with Gasteiger partial charge in [-0.3, -0.25) is 4.79 Å². The van der Waals surface area contributed by atoms with E-state index in [1.54, 1.807) is 7.11 Å². The number of methoxy groups -OCH3 is 1. The Morgan fingerprint density at radius 1 is 1.04 bits per heavy atom. The molecule has 0 spiro atoms. The van der Waals surface area contributed by atoms with Crippen molar-refractivity contribution in [2.24, 2.45) is 0 Å². The second kappa shape index (κ2) is 9.27. The Hall–Kier alpha value is -3.01. The van der Waals surface area contributed by atoms with E-state index >= 15 is 0 Å². The van der Waals surface area contributed by atoms with Crippen molar-refractivity contribution in [3.63, 3.8) is 0 Å². The van der Waals surface area contributed by atoms with E-state index in [4.69, 9.17) is 9.47 Å². The van der Waals surface area contributed by atoms with Gasteiger partial charge in [-0.2, -0.15) is 0 Å². The van der Waals surface area contributed by atoms with Crippen molar-refractivity contribution >= 4 is 16.7 Å². The second-order valence-corrected chi connectivity index (χ2v) is 6.86. The van der Waals surface area contributed by atoms with E-state index in [0.29, 0.717) is 18.8 Å². The first-order chi connectivity index (χ1) is 13.6. The largest absolute Gasteiger partial charge is 0.493 e. The molecule has 3 aromatic rings. The summed E-state index contributed by atoms with van der Waals surface area (Å²) < 4.78 is 11.1. The second-order valence-electron chi connectivity index (χ2n) is 6.86. The van der Waals surface area contributed by atoms with Crippen molar-refractivity contribution in [3.05, 3.63) is 71.8 Å². The topological polar surface area (TPSA) is 47.6 Å². The lowest BCUT2D eigenvalue weighted by atomic mass is 10.0. The summed E-state index contributed by atoms with van der Waals surface area (Å²) in [5.41, 5.74) is 2.01. The van der Waals surface area contributed by atoms with Crippen LogP contribution in [0.3, 0.4) is 0 Å².